The molecule has 158 valence electrons. The third kappa shape index (κ3) is 4.95. The number of anilines is 1. The molecule has 1 N–H and O–H groups in total. The van der Waals surface area contributed by atoms with Crippen LogP contribution in [0.5, 0.6) is 0 Å². The van der Waals surface area contributed by atoms with E-state index in [-0.39, 0.29) is 55.3 Å². The van der Waals surface area contributed by atoms with E-state index in [4.69, 9.17) is 0 Å². The molecule has 0 aliphatic carbocycles. The Morgan fingerprint density at radius 1 is 1.17 bits per heavy atom. The minimum absolute atomic E-state index is 0.0533. The molecule has 0 spiro atoms. The van der Waals surface area contributed by atoms with E-state index in [0.717, 1.165) is 12.1 Å². The number of nitrogens with zero attached hydrogens (tertiary/aromatic N) is 2. The van der Waals surface area contributed by atoms with Crippen LogP contribution in [0.3, 0.4) is 0 Å². The van der Waals surface area contributed by atoms with Crippen LogP contribution in [0.25, 0.3) is 0 Å². The van der Waals surface area contributed by atoms with Crippen molar-refractivity contribution in [1.29, 1.82) is 0 Å². The second-order valence-electron chi connectivity index (χ2n) is 7.63. The first-order valence-electron chi connectivity index (χ1n) is 9.89. The maximum atomic E-state index is 12.6. The molecule has 9 heteroatoms. The van der Waals surface area contributed by atoms with Gasteiger partial charge in [-0.1, -0.05) is 19.1 Å². The van der Waals surface area contributed by atoms with Crippen LogP contribution >= 0.6 is 0 Å². The van der Waals surface area contributed by atoms with E-state index >= 15 is 0 Å². The Labute approximate surface area is 171 Å². The van der Waals surface area contributed by atoms with Crippen LogP contribution in [0.15, 0.2) is 24.3 Å². The molecule has 0 radical (unpaired) electrons. The fraction of sp³-hybridized carbons (Fsp3) is 0.550. The molecule has 29 heavy (non-hydrogen) atoms. The van der Waals surface area contributed by atoms with Crippen molar-refractivity contribution in [3.05, 3.63) is 29.8 Å². The Balaban J connectivity index is 1.56. The van der Waals surface area contributed by atoms with E-state index in [9.17, 15) is 22.8 Å². The number of benzene rings is 1. The predicted molar refractivity (Wildman–Crippen MR) is 109 cm³/mol. The number of aryl methyl sites for hydroxylation is 1. The minimum atomic E-state index is -3.08. The van der Waals surface area contributed by atoms with E-state index in [1.807, 2.05) is 24.3 Å². The summed E-state index contributed by atoms with van der Waals surface area (Å²) in [6.07, 6.45) is 1.01. The minimum Gasteiger partial charge on any atom is -0.344 e. The van der Waals surface area contributed by atoms with Crippen LogP contribution in [0.4, 0.5) is 5.69 Å². The first-order valence-corrected chi connectivity index (χ1v) is 11.7. The summed E-state index contributed by atoms with van der Waals surface area (Å²) in [5.74, 6) is -1.38. The van der Waals surface area contributed by atoms with Crippen molar-refractivity contribution in [3.63, 3.8) is 0 Å². The normalized spacial score (nSPS) is 22.4. The van der Waals surface area contributed by atoms with Gasteiger partial charge in [0.2, 0.25) is 17.7 Å². The fourth-order valence-electron chi connectivity index (χ4n) is 3.64. The van der Waals surface area contributed by atoms with Gasteiger partial charge >= 0.3 is 0 Å². The van der Waals surface area contributed by atoms with Gasteiger partial charge in [0.15, 0.2) is 9.84 Å². The second kappa shape index (κ2) is 8.52. The number of hydrogen-bond acceptors (Lipinski definition) is 5. The lowest BCUT2D eigenvalue weighted by molar-refractivity contribution is -0.136. The number of hydrogen-bond donors (Lipinski definition) is 1. The van der Waals surface area contributed by atoms with Gasteiger partial charge in [0, 0.05) is 31.7 Å². The molecule has 2 saturated heterocycles. The molecule has 2 aliphatic heterocycles. The SMILES string of the molecule is CCc1ccc(N2CC(C(=O)NC(C)C(=O)N3CCS(=O)(=O)CC3)CC2=O)cc1. The molecule has 2 aliphatic rings. The molecular formula is C20H27N3O5S. The van der Waals surface area contributed by atoms with Gasteiger partial charge in [0.25, 0.3) is 0 Å². The van der Waals surface area contributed by atoms with E-state index < -0.39 is 21.8 Å². The van der Waals surface area contributed by atoms with Crippen LogP contribution in [-0.2, 0) is 30.6 Å². The Bertz CT molecular complexity index is 883. The number of sulfone groups is 1. The molecule has 2 heterocycles. The summed E-state index contributed by atoms with van der Waals surface area (Å²) < 4.78 is 23.0. The summed E-state index contributed by atoms with van der Waals surface area (Å²) in [7, 11) is -3.08. The van der Waals surface area contributed by atoms with Crippen molar-refractivity contribution in [1.82, 2.24) is 10.2 Å². The lowest BCUT2D eigenvalue weighted by atomic mass is 10.1. The molecule has 0 bridgehead atoms. The van der Waals surface area contributed by atoms with Gasteiger partial charge in [-0.2, -0.15) is 0 Å². The number of carbonyl (C=O) groups excluding carboxylic acids is 3. The zero-order chi connectivity index (χ0) is 21.2. The lowest BCUT2D eigenvalue weighted by Crippen LogP contribution is -2.52. The Kier molecular flexibility index (Phi) is 6.26. The molecule has 3 amide bonds. The maximum absolute atomic E-state index is 12.6. The highest BCUT2D eigenvalue weighted by molar-refractivity contribution is 7.91. The topological polar surface area (TPSA) is 104 Å². The van der Waals surface area contributed by atoms with Crippen molar-refractivity contribution in [2.24, 2.45) is 5.92 Å². The zero-order valence-corrected chi connectivity index (χ0v) is 17.6. The predicted octanol–water partition coefficient (Wildman–Crippen LogP) is 0.364. The number of amides is 3. The van der Waals surface area contributed by atoms with Gasteiger partial charge in [-0.25, -0.2) is 8.42 Å². The van der Waals surface area contributed by atoms with E-state index in [0.29, 0.717) is 0 Å². The lowest BCUT2D eigenvalue weighted by Gasteiger charge is -2.29. The molecule has 0 saturated carbocycles. The van der Waals surface area contributed by atoms with Crippen LogP contribution < -0.4 is 10.2 Å². The number of nitrogens with one attached hydrogen (secondary N) is 1. The standard InChI is InChI=1S/C20H27N3O5S/c1-3-15-4-6-17(7-5-15)23-13-16(12-18(23)24)19(25)21-14(2)20(26)22-8-10-29(27,28)11-9-22/h4-7,14,16H,3,8-13H2,1-2H3,(H,21,25). The van der Waals surface area contributed by atoms with Gasteiger partial charge in [-0.15, -0.1) is 0 Å². The Morgan fingerprint density at radius 3 is 2.38 bits per heavy atom. The largest absolute Gasteiger partial charge is 0.344 e. The van der Waals surface area contributed by atoms with Crippen molar-refractivity contribution in [3.8, 4) is 0 Å². The quantitative estimate of drug-likeness (QED) is 0.740. The van der Waals surface area contributed by atoms with Gasteiger partial charge in [-0.05, 0) is 31.0 Å². The molecule has 3 rings (SSSR count). The molecule has 1 aromatic rings. The second-order valence-corrected chi connectivity index (χ2v) is 9.94. The highest BCUT2D eigenvalue weighted by atomic mass is 32.2. The van der Waals surface area contributed by atoms with Gasteiger partial charge in [0.1, 0.15) is 6.04 Å². The molecule has 2 fully saturated rings. The van der Waals surface area contributed by atoms with Crippen LogP contribution in [0.2, 0.25) is 0 Å². The molecule has 2 unspecified atom stereocenters. The number of carbonyl (C=O) groups is 3. The van der Waals surface area contributed by atoms with Crippen molar-refractivity contribution in [2.45, 2.75) is 32.7 Å². The average Bonchev–Trinajstić information content (AvgIpc) is 3.09. The fourth-order valence-corrected chi connectivity index (χ4v) is 4.85. The highest BCUT2D eigenvalue weighted by Crippen LogP contribution is 2.25. The zero-order valence-electron chi connectivity index (χ0n) is 16.8. The first kappa shape index (κ1) is 21.3. The summed E-state index contributed by atoms with van der Waals surface area (Å²) in [6.45, 7) is 4.21. The van der Waals surface area contributed by atoms with E-state index in [1.54, 1.807) is 11.8 Å². The molecular weight excluding hydrogens is 394 g/mol. The van der Waals surface area contributed by atoms with Gasteiger partial charge in [0.05, 0.1) is 17.4 Å². The van der Waals surface area contributed by atoms with E-state index in [2.05, 4.69) is 12.2 Å². The summed E-state index contributed by atoms with van der Waals surface area (Å²) in [5.41, 5.74) is 1.94. The Morgan fingerprint density at radius 2 is 1.79 bits per heavy atom. The average molecular weight is 422 g/mol. The van der Waals surface area contributed by atoms with Crippen molar-refractivity contribution >= 4 is 33.2 Å². The summed E-state index contributed by atoms with van der Waals surface area (Å²) in [4.78, 5) is 40.6. The van der Waals surface area contributed by atoms with Crippen molar-refractivity contribution in [2.75, 3.05) is 36.0 Å². The van der Waals surface area contributed by atoms with Crippen molar-refractivity contribution < 1.29 is 22.8 Å². The van der Waals surface area contributed by atoms with Crippen LogP contribution in [-0.4, -0.2) is 68.2 Å². The molecule has 2 atom stereocenters. The molecule has 8 nitrogen and oxygen atoms in total. The van der Waals surface area contributed by atoms with Gasteiger partial charge < -0.3 is 15.1 Å². The van der Waals surface area contributed by atoms with Gasteiger partial charge in [-0.3, -0.25) is 14.4 Å². The molecule has 1 aromatic carbocycles. The van der Waals surface area contributed by atoms with Crippen LogP contribution in [0.1, 0.15) is 25.8 Å². The maximum Gasteiger partial charge on any atom is 0.244 e. The summed E-state index contributed by atoms with van der Waals surface area (Å²) >= 11 is 0. The smallest absolute Gasteiger partial charge is 0.244 e. The Hall–Kier alpha value is -2.42. The summed E-state index contributed by atoms with van der Waals surface area (Å²) in [6, 6.07) is 6.93. The third-order valence-electron chi connectivity index (χ3n) is 5.54. The highest BCUT2D eigenvalue weighted by Gasteiger charge is 2.36. The first-order chi connectivity index (χ1) is 13.7. The third-order valence-corrected chi connectivity index (χ3v) is 7.15. The van der Waals surface area contributed by atoms with E-state index in [1.165, 1.54) is 10.5 Å². The summed E-state index contributed by atoms with van der Waals surface area (Å²) in [5, 5.41) is 2.69. The number of rotatable bonds is 5. The monoisotopic (exact) mass is 421 g/mol. The molecule has 0 aromatic heterocycles. The van der Waals surface area contributed by atoms with Crippen LogP contribution in [0, 0.1) is 5.92 Å².